The fourth-order valence-corrected chi connectivity index (χ4v) is 2.31. The standard InChI is InChI=1S/C12H25N/c1-3-4-10-13-11(2)12-8-6-5-7-9-12/h11-13H,3-10H2,1-2H3/t11-/m0/s1. The molecule has 1 saturated carbocycles. The van der Waals surface area contributed by atoms with E-state index in [4.69, 9.17) is 0 Å². The number of hydrogen-bond donors (Lipinski definition) is 1. The van der Waals surface area contributed by atoms with Crippen LogP contribution in [-0.2, 0) is 0 Å². The van der Waals surface area contributed by atoms with E-state index in [0.29, 0.717) is 0 Å². The van der Waals surface area contributed by atoms with Gasteiger partial charge in [-0.1, -0.05) is 32.6 Å². The van der Waals surface area contributed by atoms with Crippen molar-refractivity contribution in [3.63, 3.8) is 0 Å². The summed E-state index contributed by atoms with van der Waals surface area (Å²) < 4.78 is 0. The van der Waals surface area contributed by atoms with Crippen LogP contribution in [0.5, 0.6) is 0 Å². The van der Waals surface area contributed by atoms with Crippen LogP contribution in [0.1, 0.15) is 58.8 Å². The van der Waals surface area contributed by atoms with E-state index < -0.39 is 0 Å². The Morgan fingerprint density at radius 2 is 1.92 bits per heavy atom. The largest absolute Gasteiger partial charge is 0.314 e. The summed E-state index contributed by atoms with van der Waals surface area (Å²) in [7, 11) is 0. The zero-order valence-corrected chi connectivity index (χ0v) is 9.31. The Balaban J connectivity index is 2.09. The van der Waals surface area contributed by atoms with Gasteiger partial charge in [0.25, 0.3) is 0 Å². The van der Waals surface area contributed by atoms with Crippen LogP contribution in [0, 0.1) is 5.92 Å². The maximum absolute atomic E-state index is 3.65. The van der Waals surface area contributed by atoms with Crippen molar-refractivity contribution in [3.8, 4) is 0 Å². The minimum atomic E-state index is 0.756. The van der Waals surface area contributed by atoms with Crippen LogP contribution in [-0.4, -0.2) is 12.6 Å². The number of hydrogen-bond acceptors (Lipinski definition) is 1. The van der Waals surface area contributed by atoms with Crippen LogP contribution in [0.15, 0.2) is 0 Å². The zero-order valence-electron chi connectivity index (χ0n) is 9.31. The van der Waals surface area contributed by atoms with Crippen molar-refractivity contribution in [2.24, 2.45) is 5.92 Å². The van der Waals surface area contributed by atoms with Gasteiger partial charge < -0.3 is 5.32 Å². The smallest absolute Gasteiger partial charge is 0.00669 e. The van der Waals surface area contributed by atoms with Gasteiger partial charge in [0, 0.05) is 6.04 Å². The molecule has 1 heteroatoms. The van der Waals surface area contributed by atoms with Crippen molar-refractivity contribution in [3.05, 3.63) is 0 Å². The molecule has 1 fully saturated rings. The van der Waals surface area contributed by atoms with Gasteiger partial charge in [0.2, 0.25) is 0 Å². The maximum Gasteiger partial charge on any atom is 0.00669 e. The second-order valence-electron chi connectivity index (χ2n) is 4.49. The lowest BCUT2D eigenvalue weighted by molar-refractivity contribution is 0.281. The van der Waals surface area contributed by atoms with E-state index in [1.165, 1.54) is 51.5 Å². The molecule has 1 aliphatic carbocycles. The Morgan fingerprint density at radius 3 is 2.54 bits per heavy atom. The van der Waals surface area contributed by atoms with Gasteiger partial charge in [-0.2, -0.15) is 0 Å². The van der Waals surface area contributed by atoms with Crippen molar-refractivity contribution < 1.29 is 0 Å². The monoisotopic (exact) mass is 183 g/mol. The van der Waals surface area contributed by atoms with Crippen molar-refractivity contribution in [1.82, 2.24) is 5.32 Å². The second-order valence-corrected chi connectivity index (χ2v) is 4.49. The van der Waals surface area contributed by atoms with E-state index in [-0.39, 0.29) is 0 Å². The van der Waals surface area contributed by atoms with E-state index in [1.807, 2.05) is 0 Å². The number of rotatable bonds is 5. The quantitative estimate of drug-likeness (QED) is 0.645. The molecule has 1 aliphatic rings. The lowest BCUT2D eigenvalue weighted by atomic mass is 9.84. The molecule has 78 valence electrons. The van der Waals surface area contributed by atoms with Gasteiger partial charge in [-0.3, -0.25) is 0 Å². The Morgan fingerprint density at radius 1 is 1.23 bits per heavy atom. The highest BCUT2D eigenvalue weighted by Gasteiger charge is 2.18. The number of nitrogens with one attached hydrogen (secondary N) is 1. The molecule has 0 heterocycles. The SMILES string of the molecule is CCCCN[C@@H](C)C1CCCCC1. The molecule has 1 N–H and O–H groups in total. The zero-order chi connectivity index (χ0) is 9.52. The molecule has 0 radical (unpaired) electrons. The fraction of sp³-hybridized carbons (Fsp3) is 1.00. The lowest BCUT2D eigenvalue weighted by Gasteiger charge is -2.28. The highest BCUT2D eigenvalue weighted by molar-refractivity contribution is 4.75. The third-order valence-electron chi connectivity index (χ3n) is 3.35. The van der Waals surface area contributed by atoms with E-state index in [9.17, 15) is 0 Å². The minimum Gasteiger partial charge on any atom is -0.314 e. The first-order valence-electron chi connectivity index (χ1n) is 6.08. The molecular weight excluding hydrogens is 158 g/mol. The summed E-state index contributed by atoms with van der Waals surface area (Å²) >= 11 is 0. The topological polar surface area (TPSA) is 12.0 Å². The number of unbranched alkanes of at least 4 members (excludes halogenated alkanes) is 1. The van der Waals surface area contributed by atoms with Crippen molar-refractivity contribution in [2.45, 2.75) is 64.8 Å². The fourth-order valence-electron chi connectivity index (χ4n) is 2.31. The predicted molar refractivity (Wildman–Crippen MR) is 58.9 cm³/mol. The summed E-state index contributed by atoms with van der Waals surface area (Å²) in [5, 5.41) is 3.65. The van der Waals surface area contributed by atoms with Gasteiger partial charge in [-0.25, -0.2) is 0 Å². The summed E-state index contributed by atoms with van der Waals surface area (Å²) in [5.41, 5.74) is 0. The molecule has 1 rings (SSSR count). The van der Waals surface area contributed by atoms with Crippen molar-refractivity contribution in [2.75, 3.05) is 6.54 Å². The first-order chi connectivity index (χ1) is 6.34. The van der Waals surface area contributed by atoms with Gasteiger partial charge in [-0.15, -0.1) is 0 Å². The summed E-state index contributed by atoms with van der Waals surface area (Å²) in [6, 6.07) is 0.756. The Kier molecular flexibility index (Phi) is 5.45. The lowest BCUT2D eigenvalue weighted by Crippen LogP contribution is -2.35. The summed E-state index contributed by atoms with van der Waals surface area (Å²) in [6.45, 7) is 5.84. The second kappa shape index (κ2) is 6.42. The first-order valence-corrected chi connectivity index (χ1v) is 6.08. The highest BCUT2D eigenvalue weighted by atomic mass is 14.9. The predicted octanol–water partition coefficient (Wildman–Crippen LogP) is 3.34. The van der Waals surface area contributed by atoms with Crippen LogP contribution >= 0.6 is 0 Å². The van der Waals surface area contributed by atoms with Gasteiger partial charge in [0.15, 0.2) is 0 Å². The summed E-state index contributed by atoms with van der Waals surface area (Å²) in [4.78, 5) is 0. The molecule has 1 atom stereocenters. The van der Waals surface area contributed by atoms with Crippen LogP contribution in [0.2, 0.25) is 0 Å². The minimum absolute atomic E-state index is 0.756. The molecule has 0 aromatic carbocycles. The van der Waals surface area contributed by atoms with Gasteiger partial charge in [0.1, 0.15) is 0 Å². The van der Waals surface area contributed by atoms with Crippen LogP contribution < -0.4 is 5.32 Å². The average molecular weight is 183 g/mol. The molecular formula is C12H25N. The van der Waals surface area contributed by atoms with Gasteiger partial charge in [-0.05, 0) is 38.6 Å². The van der Waals surface area contributed by atoms with Gasteiger partial charge >= 0.3 is 0 Å². The summed E-state index contributed by atoms with van der Waals surface area (Å²) in [5.74, 6) is 0.964. The van der Waals surface area contributed by atoms with Gasteiger partial charge in [0.05, 0.1) is 0 Å². The van der Waals surface area contributed by atoms with Crippen molar-refractivity contribution in [1.29, 1.82) is 0 Å². The van der Waals surface area contributed by atoms with E-state index in [2.05, 4.69) is 19.2 Å². The Bertz CT molecular complexity index is 116. The maximum atomic E-state index is 3.65. The normalized spacial score (nSPS) is 21.7. The highest BCUT2D eigenvalue weighted by Crippen LogP contribution is 2.26. The Labute approximate surface area is 83.3 Å². The average Bonchev–Trinajstić information content (AvgIpc) is 2.19. The molecule has 0 bridgehead atoms. The molecule has 13 heavy (non-hydrogen) atoms. The molecule has 0 saturated heterocycles. The molecule has 0 unspecified atom stereocenters. The molecule has 1 nitrogen and oxygen atoms in total. The van der Waals surface area contributed by atoms with Crippen LogP contribution in [0.3, 0.4) is 0 Å². The third-order valence-corrected chi connectivity index (χ3v) is 3.35. The molecule has 0 spiro atoms. The molecule has 0 aromatic rings. The molecule has 0 amide bonds. The Hall–Kier alpha value is -0.0400. The van der Waals surface area contributed by atoms with Crippen LogP contribution in [0.25, 0.3) is 0 Å². The first kappa shape index (κ1) is 11.0. The van der Waals surface area contributed by atoms with Crippen LogP contribution in [0.4, 0.5) is 0 Å². The molecule has 0 aliphatic heterocycles. The third kappa shape index (κ3) is 4.12. The van der Waals surface area contributed by atoms with E-state index in [1.54, 1.807) is 0 Å². The van der Waals surface area contributed by atoms with Crippen molar-refractivity contribution >= 4 is 0 Å². The van der Waals surface area contributed by atoms with E-state index >= 15 is 0 Å². The van der Waals surface area contributed by atoms with E-state index in [0.717, 1.165) is 12.0 Å². The summed E-state index contributed by atoms with van der Waals surface area (Å²) in [6.07, 6.45) is 9.95. The molecule has 0 aromatic heterocycles.